The minimum Gasteiger partial charge on any atom is -0.0772 e. The standard InChI is InChI=1S/C17H34/c1-8-14(6)15(7)17(10-3)12-11-16(9-2)13(4)5/h14-15,17H,8-12H2,1-7H3. The fourth-order valence-electron chi connectivity index (χ4n) is 2.82. The first kappa shape index (κ1) is 16.7. The molecule has 3 atom stereocenters. The van der Waals surface area contributed by atoms with Gasteiger partial charge in [-0.2, -0.15) is 0 Å². The number of rotatable bonds is 8. The van der Waals surface area contributed by atoms with Gasteiger partial charge in [0, 0.05) is 0 Å². The Labute approximate surface area is 110 Å². The van der Waals surface area contributed by atoms with Crippen molar-refractivity contribution in [1.82, 2.24) is 0 Å². The molecular formula is C17H34. The van der Waals surface area contributed by atoms with E-state index in [0.29, 0.717) is 0 Å². The maximum Gasteiger partial charge on any atom is -0.0315 e. The molecule has 0 nitrogen and oxygen atoms in total. The van der Waals surface area contributed by atoms with Gasteiger partial charge in [-0.25, -0.2) is 0 Å². The van der Waals surface area contributed by atoms with Crippen LogP contribution in [0.4, 0.5) is 0 Å². The monoisotopic (exact) mass is 238 g/mol. The third kappa shape index (κ3) is 5.75. The zero-order valence-electron chi connectivity index (χ0n) is 13.3. The summed E-state index contributed by atoms with van der Waals surface area (Å²) in [6, 6.07) is 0. The summed E-state index contributed by atoms with van der Waals surface area (Å²) in [6.07, 6.45) is 6.59. The van der Waals surface area contributed by atoms with Crippen molar-refractivity contribution in [3.8, 4) is 0 Å². The molecule has 0 aliphatic carbocycles. The van der Waals surface area contributed by atoms with E-state index in [1.54, 1.807) is 11.1 Å². The van der Waals surface area contributed by atoms with Crippen molar-refractivity contribution in [2.75, 3.05) is 0 Å². The average molecular weight is 238 g/mol. The topological polar surface area (TPSA) is 0 Å². The van der Waals surface area contributed by atoms with E-state index in [4.69, 9.17) is 0 Å². The Hall–Kier alpha value is -0.260. The third-order valence-corrected chi connectivity index (χ3v) is 4.76. The highest BCUT2D eigenvalue weighted by Gasteiger charge is 2.20. The fraction of sp³-hybridized carbons (Fsp3) is 0.882. The molecule has 0 bridgehead atoms. The molecule has 0 heterocycles. The van der Waals surface area contributed by atoms with Gasteiger partial charge >= 0.3 is 0 Å². The second kappa shape index (κ2) is 8.78. The van der Waals surface area contributed by atoms with Crippen molar-refractivity contribution in [1.29, 1.82) is 0 Å². The van der Waals surface area contributed by atoms with Crippen LogP contribution in [0.2, 0.25) is 0 Å². The maximum atomic E-state index is 2.45. The van der Waals surface area contributed by atoms with Crippen LogP contribution in [0.25, 0.3) is 0 Å². The van der Waals surface area contributed by atoms with Gasteiger partial charge in [-0.05, 0) is 50.9 Å². The Morgan fingerprint density at radius 2 is 1.53 bits per heavy atom. The second-order valence-electron chi connectivity index (χ2n) is 5.91. The van der Waals surface area contributed by atoms with Crippen LogP contribution in [-0.2, 0) is 0 Å². The Bertz CT molecular complexity index is 220. The van der Waals surface area contributed by atoms with Gasteiger partial charge in [0.2, 0.25) is 0 Å². The second-order valence-corrected chi connectivity index (χ2v) is 5.91. The van der Waals surface area contributed by atoms with Gasteiger partial charge in [0.1, 0.15) is 0 Å². The highest BCUT2D eigenvalue weighted by atomic mass is 14.3. The van der Waals surface area contributed by atoms with Gasteiger partial charge in [-0.15, -0.1) is 0 Å². The molecular weight excluding hydrogens is 204 g/mol. The van der Waals surface area contributed by atoms with Crippen LogP contribution in [-0.4, -0.2) is 0 Å². The van der Waals surface area contributed by atoms with E-state index in [2.05, 4.69) is 48.5 Å². The van der Waals surface area contributed by atoms with Crippen LogP contribution in [0.3, 0.4) is 0 Å². The number of allylic oxidation sites excluding steroid dienone is 2. The van der Waals surface area contributed by atoms with Crippen molar-refractivity contribution in [3.63, 3.8) is 0 Å². The van der Waals surface area contributed by atoms with E-state index >= 15 is 0 Å². The third-order valence-electron chi connectivity index (χ3n) is 4.76. The smallest absolute Gasteiger partial charge is 0.0315 e. The van der Waals surface area contributed by atoms with Crippen molar-refractivity contribution >= 4 is 0 Å². The molecule has 0 amide bonds. The molecule has 0 spiro atoms. The first-order valence-electron chi connectivity index (χ1n) is 7.62. The summed E-state index contributed by atoms with van der Waals surface area (Å²) in [5, 5.41) is 0. The van der Waals surface area contributed by atoms with Crippen LogP contribution in [0.1, 0.15) is 80.6 Å². The Morgan fingerprint density at radius 1 is 0.941 bits per heavy atom. The van der Waals surface area contributed by atoms with Crippen LogP contribution < -0.4 is 0 Å². The summed E-state index contributed by atoms with van der Waals surface area (Å²) in [4.78, 5) is 0. The van der Waals surface area contributed by atoms with Crippen LogP contribution in [0, 0.1) is 17.8 Å². The molecule has 0 fully saturated rings. The van der Waals surface area contributed by atoms with E-state index in [9.17, 15) is 0 Å². The first-order valence-corrected chi connectivity index (χ1v) is 7.62. The van der Waals surface area contributed by atoms with Gasteiger partial charge in [0.15, 0.2) is 0 Å². The normalized spacial score (nSPS) is 16.4. The lowest BCUT2D eigenvalue weighted by atomic mass is 9.78. The van der Waals surface area contributed by atoms with E-state index in [-0.39, 0.29) is 0 Å². The molecule has 0 saturated heterocycles. The van der Waals surface area contributed by atoms with Crippen molar-refractivity contribution in [2.24, 2.45) is 17.8 Å². The largest absolute Gasteiger partial charge is 0.0772 e. The van der Waals surface area contributed by atoms with E-state index in [1.165, 1.54) is 32.1 Å². The summed E-state index contributed by atoms with van der Waals surface area (Å²) in [5.41, 5.74) is 3.22. The molecule has 0 aliphatic heterocycles. The van der Waals surface area contributed by atoms with Gasteiger partial charge in [0.25, 0.3) is 0 Å². The molecule has 0 aromatic rings. The highest BCUT2D eigenvalue weighted by molar-refractivity contribution is 5.09. The summed E-state index contributed by atoms with van der Waals surface area (Å²) in [7, 11) is 0. The lowest BCUT2D eigenvalue weighted by Crippen LogP contribution is -2.18. The van der Waals surface area contributed by atoms with Crippen LogP contribution >= 0.6 is 0 Å². The van der Waals surface area contributed by atoms with Crippen molar-refractivity contribution < 1.29 is 0 Å². The fourth-order valence-corrected chi connectivity index (χ4v) is 2.82. The first-order chi connectivity index (χ1) is 7.97. The Balaban J connectivity index is 4.37. The molecule has 0 heteroatoms. The molecule has 0 N–H and O–H groups in total. The maximum absolute atomic E-state index is 2.45. The molecule has 3 unspecified atom stereocenters. The van der Waals surface area contributed by atoms with Crippen molar-refractivity contribution in [3.05, 3.63) is 11.1 Å². The molecule has 0 aliphatic rings. The Kier molecular flexibility index (Phi) is 8.64. The summed E-state index contributed by atoms with van der Waals surface area (Å²) < 4.78 is 0. The number of hydrogen-bond donors (Lipinski definition) is 0. The lowest BCUT2D eigenvalue weighted by molar-refractivity contribution is 0.236. The van der Waals surface area contributed by atoms with Gasteiger partial charge in [0.05, 0.1) is 0 Å². The van der Waals surface area contributed by atoms with Gasteiger partial charge < -0.3 is 0 Å². The minimum atomic E-state index is 0.872. The Morgan fingerprint density at radius 3 is 1.88 bits per heavy atom. The highest BCUT2D eigenvalue weighted by Crippen LogP contribution is 2.31. The lowest BCUT2D eigenvalue weighted by Gasteiger charge is -2.28. The van der Waals surface area contributed by atoms with E-state index in [0.717, 1.165) is 17.8 Å². The summed E-state index contributed by atoms with van der Waals surface area (Å²) >= 11 is 0. The predicted molar refractivity (Wildman–Crippen MR) is 80.3 cm³/mol. The predicted octanol–water partition coefficient (Wildman–Crippen LogP) is 6.22. The molecule has 0 aromatic carbocycles. The van der Waals surface area contributed by atoms with E-state index < -0.39 is 0 Å². The van der Waals surface area contributed by atoms with E-state index in [1.807, 2.05) is 0 Å². The van der Waals surface area contributed by atoms with Crippen molar-refractivity contribution in [2.45, 2.75) is 80.6 Å². The van der Waals surface area contributed by atoms with Gasteiger partial charge in [-0.3, -0.25) is 0 Å². The van der Waals surface area contributed by atoms with Crippen LogP contribution in [0.5, 0.6) is 0 Å². The number of hydrogen-bond acceptors (Lipinski definition) is 0. The minimum absolute atomic E-state index is 0.872. The molecule has 0 saturated carbocycles. The SMILES string of the molecule is CCC(CCC(CC)C(C)C(C)CC)=C(C)C. The zero-order valence-corrected chi connectivity index (χ0v) is 13.3. The molecule has 0 rings (SSSR count). The molecule has 17 heavy (non-hydrogen) atoms. The average Bonchev–Trinajstić information content (AvgIpc) is 2.32. The van der Waals surface area contributed by atoms with Gasteiger partial charge in [-0.1, -0.05) is 58.6 Å². The zero-order chi connectivity index (χ0) is 13.4. The quantitative estimate of drug-likeness (QED) is 0.440. The summed E-state index contributed by atoms with van der Waals surface area (Å²) in [5.74, 6) is 2.66. The van der Waals surface area contributed by atoms with Crippen LogP contribution in [0.15, 0.2) is 11.1 Å². The molecule has 0 aromatic heterocycles. The molecule has 0 radical (unpaired) electrons. The summed E-state index contributed by atoms with van der Waals surface area (Å²) in [6.45, 7) is 16.4. The molecule has 102 valence electrons.